The van der Waals surface area contributed by atoms with Crippen LogP contribution in [0.5, 0.6) is 0 Å². The van der Waals surface area contributed by atoms with Crippen molar-refractivity contribution in [1.82, 2.24) is 0 Å². The SMILES string of the molecule is CN(C(=O)c1cccc(NC(=O)C2C3CCC(C3)C2N)c1)c1ccccc1.Cl. The summed E-state index contributed by atoms with van der Waals surface area (Å²) >= 11 is 0. The molecule has 4 unspecified atom stereocenters. The molecule has 2 saturated carbocycles. The van der Waals surface area contributed by atoms with Gasteiger partial charge in [0.15, 0.2) is 0 Å². The lowest BCUT2D eigenvalue weighted by Gasteiger charge is -2.27. The number of nitrogens with two attached hydrogens (primary N) is 1. The Balaban J connectivity index is 0.00000225. The maximum atomic E-state index is 12.8. The van der Waals surface area contributed by atoms with Gasteiger partial charge < -0.3 is 16.0 Å². The van der Waals surface area contributed by atoms with Crippen molar-refractivity contribution in [3.63, 3.8) is 0 Å². The number of carbonyl (C=O) groups excluding carboxylic acids is 2. The second-order valence-corrected chi connectivity index (χ2v) is 7.71. The summed E-state index contributed by atoms with van der Waals surface area (Å²) < 4.78 is 0. The first-order valence-electron chi connectivity index (χ1n) is 9.54. The molecule has 2 aromatic carbocycles. The summed E-state index contributed by atoms with van der Waals surface area (Å²) in [5.74, 6) is 0.636. The molecule has 0 aliphatic heterocycles. The van der Waals surface area contributed by atoms with Gasteiger partial charge in [-0.25, -0.2) is 0 Å². The number of para-hydroxylation sites is 1. The molecule has 3 N–H and O–H groups in total. The van der Waals surface area contributed by atoms with Gasteiger partial charge in [0.25, 0.3) is 5.91 Å². The Bertz CT molecular complexity index is 856. The maximum Gasteiger partial charge on any atom is 0.258 e. The van der Waals surface area contributed by atoms with E-state index in [4.69, 9.17) is 5.73 Å². The number of rotatable bonds is 4. The molecule has 5 nitrogen and oxygen atoms in total. The highest BCUT2D eigenvalue weighted by Crippen LogP contribution is 2.47. The molecule has 2 amide bonds. The first kappa shape index (κ1) is 20.4. The second-order valence-electron chi connectivity index (χ2n) is 7.71. The Hall–Kier alpha value is -2.37. The van der Waals surface area contributed by atoms with Crippen LogP contribution in [0.4, 0.5) is 11.4 Å². The number of fused-ring (bicyclic) bond motifs is 2. The van der Waals surface area contributed by atoms with Gasteiger partial charge in [0.05, 0.1) is 5.92 Å². The van der Waals surface area contributed by atoms with Crippen LogP contribution >= 0.6 is 12.4 Å². The van der Waals surface area contributed by atoms with Gasteiger partial charge in [-0.3, -0.25) is 9.59 Å². The first-order valence-corrected chi connectivity index (χ1v) is 9.54. The lowest BCUT2D eigenvalue weighted by Crippen LogP contribution is -2.42. The highest BCUT2D eigenvalue weighted by Gasteiger charge is 2.49. The summed E-state index contributed by atoms with van der Waals surface area (Å²) in [5, 5.41) is 2.98. The maximum absolute atomic E-state index is 12.8. The molecule has 0 heterocycles. The van der Waals surface area contributed by atoms with Crippen molar-refractivity contribution in [1.29, 1.82) is 0 Å². The molecule has 0 saturated heterocycles. The van der Waals surface area contributed by atoms with E-state index in [-0.39, 0.29) is 36.2 Å². The quantitative estimate of drug-likeness (QED) is 0.823. The fourth-order valence-corrected chi connectivity index (χ4v) is 4.64. The summed E-state index contributed by atoms with van der Waals surface area (Å²) in [7, 11) is 1.75. The number of anilines is 2. The molecule has 4 rings (SSSR count). The van der Waals surface area contributed by atoms with E-state index in [9.17, 15) is 9.59 Å². The van der Waals surface area contributed by atoms with Gasteiger partial charge in [-0.15, -0.1) is 12.4 Å². The van der Waals surface area contributed by atoms with Crippen molar-refractivity contribution in [2.75, 3.05) is 17.3 Å². The topological polar surface area (TPSA) is 75.4 Å². The van der Waals surface area contributed by atoms with E-state index < -0.39 is 0 Å². The molecule has 4 atom stereocenters. The number of carbonyl (C=O) groups is 2. The minimum absolute atomic E-state index is 0. The molecule has 2 aliphatic carbocycles. The van der Waals surface area contributed by atoms with Gasteiger partial charge in [-0.2, -0.15) is 0 Å². The molecule has 148 valence electrons. The number of nitrogens with one attached hydrogen (secondary N) is 1. The first-order chi connectivity index (χ1) is 13.0. The van der Waals surface area contributed by atoms with Gasteiger partial charge in [-0.1, -0.05) is 24.3 Å². The van der Waals surface area contributed by atoms with Gasteiger partial charge in [0.2, 0.25) is 5.91 Å². The molecule has 2 fully saturated rings. The number of halogens is 1. The van der Waals surface area contributed by atoms with Crippen molar-refractivity contribution < 1.29 is 9.59 Å². The fraction of sp³-hybridized carbons (Fsp3) is 0.364. The zero-order valence-electron chi connectivity index (χ0n) is 15.9. The normalized spacial score (nSPS) is 25.1. The van der Waals surface area contributed by atoms with Crippen LogP contribution in [0, 0.1) is 17.8 Å². The Labute approximate surface area is 171 Å². The van der Waals surface area contributed by atoms with E-state index in [1.807, 2.05) is 36.4 Å². The zero-order chi connectivity index (χ0) is 19.0. The smallest absolute Gasteiger partial charge is 0.258 e. The van der Waals surface area contributed by atoms with Crippen molar-refractivity contribution in [2.24, 2.45) is 23.5 Å². The average molecular weight is 400 g/mol. The van der Waals surface area contributed by atoms with E-state index in [1.54, 1.807) is 30.1 Å². The highest BCUT2D eigenvalue weighted by molar-refractivity contribution is 6.06. The Morgan fingerprint density at radius 2 is 1.75 bits per heavy atom. The number of amides is 2. The summed E-state index contributed by atoms with van der Waals surface area (Å²) in [6, 6.07) is 16.6. The molecule has 0 aromatic heterocycles. The molecule has 28 heavy (non-hydrogen) atoms. The van der Waals surface area contributed by atoms with Crippen LogP contribution in [0.25, 0.3) is 0 Å². The lowest BCUT2D eigenvalue weighted by molar-refractivity contribution is -0.121. The summed E-state index contributed by atoms with van der Waals surface area (Å²) in [6.07, 6.45) is 3.31. The van der Waals surface area contributed by atoms with Crippen molar-refractivity contribution >= 4 is 35.6 Å². The van der Waals surface area contributed by atoms with Gasteiger partial charge >= 0.3 is 0 Å². The van der Waals surface area contributed by atoms with Gasteiger partial charge in [0, 0.05) is 30.0 Å². The molecule has 2 aliphatic rings. The van der Waals surface area contributed by atoms with E-state index in [0.717, 1.165) is 24.9 Å². The molecular weight excluding hydrogens is 374 g/mol. The molecular formula is C22H26ClN3O2. The minimum Gasteiger partial charge on any atom is -0.327 e. The highest BCUT2D eigenvalue weighted by atomic mass is 35.5. The van der Waals surface area contributed by atoms with Crippen LogP contribution in [0.2, 0.25) is 0 Å². The molecule has 0 radical (unpaired) electrons. The Morgan fingerprint density at radius 3 is 2.43 bits per heavy atom. The van der Waals surface area contributed by atoms with E-state index in [0.29, 0.717) is 23.1 Å². The lowest BCUT2D eigenvalue weighted by atomic mass is 9.84. The van der Waals surface area contributed by atoms with Crippen LogP contribution in [-0.2, 0) is 4.79 Å². The average Bonchev–Trinajstić information content (AvgIpc) is 3.29. The van der Waals surface area contributed by atoms with E-state index in [1.165, 1.54) is 0 Å². The Kier molecular flexibility index (Phi) is 6.06. The van der Waals surface area contributed by atoms with E-state index in [2.05, 4.69) is 5.32 Å². The van der Waals surface area contributed by atoms with Crippen molar-refractivity contribution in [2.45, 2.75) is 25.3 Å². The van der Waals surface area contributed by atoms with E-state index >= 15 is 0 Å². The largest absolute Gasteiger partial charge is 0.327 e. The third-order valence-electron chi connectivity index (χ3n) is 6.11. The minimum atomic E-state index is -0.117. The predicted molar refractivity (Wildman–Crippen MR) is 114 cm³/mol. The van der Waals surface area contributed by atoms with Crippen LogP contribution < -0.4 is 16.0 Å². The summed E-state index contributed by atoms with van der Waals surface area (Å²) in [5.41, 5.74) is 8.28. The number of nitrogens with zero attached hydrogens (tertiary/aromatic N) is 1. The van der Waals surface area contributed by atoms with Crippen molar-refractivity contribution in [3.05, 3.63) is 60.2 Å². The fourth-order valence-electron chi connectivity index (χ4n) is 4.64. The number of hydrogen-bond donors (Lipinski definition) is 2. The zero-order valence-corrected chi connectivity index (χ0v) is 16.7. The molecule has 2 bridgehead atoms. The van der Waals surface area contributed by atoms with Crippen LogP contribution in [-0.4, -0.2) is 24.9 Å². The number of hydrogen-bond acceptors (Lipinski definition) is 3. The predicted octanol–water partition coefficient (Wildman–Crippen LogP) is 3.70. The van der Waals surface area contributed by atoms with Crippen molar-refractivity contribution in [3.8, 4) is 0 Å². The molecule has 6 heteroatoms. The molecule has 2 aromatic rings. The van der Waals surface area contributed by atoms with Gasteiger partial charge in [-0.05, 0) is 61.4 Å². The van der Waals surface area contributed by atoms with Crippen LogP contribution in [0.15, 0.2) is 54.6 Å². The summed E-state index contributed by atoms with van der Waals surface area (Å²) in [6.45, 7) is 0. The summed E-state index contributed by atoms with van der Waals surface area (Å²) in [4.78, 5) is 27.2. The monoisotopic (exact) mass is 399 g/mol. The third kappa shape index (κ3) is 3.77. The molecule has 0 spiro atoms. The second kappa shape index (κ2) is 8.33. The third-order valence-corrected chi connectivity index (χ3v) is 6.11. The number of benzene rings is 2. The van der Waals surface area contributed by atoms with Gasteiger partial charge in [0.1, 0.15) is 0 Å². The van der Waals surface area contributed by atoms with Crippen LogP contribution in [0.3, 0.4) is 0 Å². The van der Waals surface area contributed by atoms with Crippen LogP contribution in [0.1, 0.15) is 29.6 Å². The Morgan fingerprint density at radius 1 is 1.04 bits per heavy atom. The standard InChI is InChI=1S/C22H25N3O2.ClH/c1-25(18-8-3-2-4-9-18)22(27)16-6-5-7-17(13-16)24-21(26)19-14-10-11-15(12-14)20(19)23;/h2-9,13-15,19-20H,10-12,23H2,1H3,(H,24,26);1H.